The number of amidine groups is 1. The predicted octanol–water partition coefficient (Wildman–Crippen LogP) is 2.03. The molecule has 0 spiro atoms. The number of nitrogens with one attached hydrogen (secondary N) is 1. The van der Waals surface area contributed by atoms with E-state index in [1.165, 1.54) is 18.4 Å². The summed E-state index contributed by atoms with van der Waals surface area (Å²) >= 11 is 0. The summed E-state index contributed by atoms with van der Waals surface area (Å²) in [7, 11) is 0. The van der Waals surface area contributed by atoms with Gasteiger partial charge in [0.15, 0.2) is 0 Å². The average molecular weight is 217 g/mol. The van der Waals surface area contributed by atoms with Crippen LogP contribution in [0.25, 0.3) is 0 Å². The lowest BCUT2D eigenvalue weighted by Gasteiger charge is -2.05. The monoisotopic (exact) mass is 217 g/mol. The molecule has 3 heteroatoms. The molecule has 16 heavy (non-hydrogen) atoms. The first kappa shape index (κ1) is 11.1. The molecule has 3 nitrogen and oxygen atoms in total. The summed E-state index contributed by atoms with van der Waals surface area (Å²) in [6.07, 6.45) is 5.58. The lowest BCUT2D eigenvalue weighted by Crippen LogP contribution is -2.30. The molecule has 1 aliphatic rings. The Morgan fingerprint density at radius 1 is 1.31 bits per heavy atom. The van der Waals surface area contributed by atoms with Crippen molar-refractivity contribution in [1.29, 1.82) is 0 Å². The first-order valence-corrected chi connectivity index (χ1v) is 5.95. The molecule has 0 amide bonds. The number of benzene rings is 1. The van der Waals surface area contributed by atoms with Gasteiger partial charge in [-0.3, -0.25) is 4.99 Å². The van der Waals surface area contributed by atoms with E-state index in [4.69, 9.17) is 5.84 Å². The van der Waals surface area contributed by atoms with E-state index in [1.807, 2.05) is 6.07 Å². The number of aliphatic imine (C=N–C) groups is 1. The molecule has 0 heterocycles. The van der Waals surface area contributed by atoms with E-state index in [-0.39, 0.29) is 0 Å². The fraction of sp³-hybridized carbons (Fsp3) is 0.462. The molecule has 0 aliphatic heterocycles. The van der Waals surface area contributed by atoms with Gasteiger partial charge in [0, 0.05) is 6.42 Å². The highest BCUT2D eigenvalue weighted by atomic mass is 15.3. The van der Waals surface area contributed by atoms with Crippen LogP contribution in [0.3, 0.4) is 0 Å². The van der Waals surface area contributed by atoms with Gasteiger partial charge in [-0.2, -0.15) is 0 Å². The Balaban J connectivity index is 1.74. The SMILES string of the molecule is NNC(CCCc1ccccc1)=NC1CC1. The van der Waals surface area contributed by atoms with Gasteiger partial charge in [0.2, 0.25) is 0 Å². The van der Waals surface area contributed by atoms with E-state index in [9.17, 15) is 0 Å². The summed E-state index contributed by atoms with van der Waals surface area (Å²) in [6.45, 7) is 0. The van der Waals surface area contributed by atoms with Crippen LogP contribution in [0.4, 0.5) is 0 Å². The first-order valence-electron chi connectivity index (χ1n) is 5.95. The smallest absolute Gasteiger partial charge is 0.111 e. The van der Waals surface area contributed by atoms with Crippen LogP contribution in [0.2, 0.25) is 0 Å². The van der Waals surface area contributed by atoms with Crippen molar-refractivity contribution >= 4 is 5.84 Å². The minimum absolute atomic E-state index is 0.544. The van der Waals surface area contributed by atoms with Crippen molar-refractivity contribution in [2.45, 2.75) is 38.1 Å². The van der Waals surface area contributed by atoms with Crippen molar-refractivity contribution in [1.82, 2.24) is 5.43 Å². The maximum atomic E-state index is 5.45. The first-order chi connectivity index (χ1) is 7.88. The van der Waals surface area contributed by atoms with Crippen LogP contribution in [0, 0.1) is 0 Å². The largest absolute Gasteiger partial charge is 0.312 e. The van der Waals surface area contributed by atoms with Gasteiger partial charge in [0.05, 0.1) is 6.04 Å². The Morgan fingerprint density at radius 3 is 2.69 bits per heavy atom. The third-order valence-corrected chi connectivity index (χ3v) is 2.77. The lowest BCUT2D eigenvalue weighted by molar-refractivity contribution is 0.820. The second-order valence-electron chi connectivity index (χ2n) is 4.29. The lowest BCUT2D eigenvalue weighted by atomic mass is 10.1. The molecule has 0 saturated heterocycles. The van der Waals surface area contributed by atoms with Crippen LogP contribution in [-0.2, 0) is 6.42 Å². The van der Waals surface area contributed by atoms with Crippen LogP contribution >= 0.6 is 0 Å². The molecule has 0 unspecified atom stereocenters. The van der Waals surface area contributed by atoms with Crippen LogP contribution < -0.4 is 11.3 Å². The Bertz CT molecular complexity index is 341. The van der Waals surface area contributed by atoms with Gasteiger partial charge in [0.1, 0.15) is 5.84 Å². The van der Waals surface area contributed by atoms with Crippen molar-refractivity contribution in [2.75, 3.05) is 0 Å². The molecule has 2 rings (SSSR count). The number of aryl methyl sites for hydroxylation is 1. The van der Waals surface area contributed by atoms with Gasteiger partial charge >= 0.3 is 0 Å². The summed E-state index contributed by atoms with van der Waals surface area (Å²) in [6, 6.07) is 11.1. The number of rotatable bonds is 5. The van der Waals surface area contributed by atoms with Gasteiger partial charge in [-0.05, 0) is 31.2 Å². The van der Waals surface area contributed by atoms with Crippen LogP contribution in [0.1, 0.15) is 31.2 Å². The molecule has 1 aromatic carbocycles. The highest BCUT2D eigenvalue weighted by Gasteiger charge is 2.20. The Morgan fingerprint density at radius 2 is 2.06 bits per heavy atom. The van der Waals surface area contributed by atoms with Crippen LogP contribution in [-0.4, -0.2) is 11.9 Å². The fourth-order valence-electron chi connectivity index (χ4n) is 1.70. The number of nitrogens with zero attached hydrogens (tertiary/aromatic N) is 1. The van der Waals surface area contributed by atoms with Gasteiger partial charge in [-0.15, -0.1) is 0 Å². The molecule has 3 N–H and O–H groups in total. The third kappa shape index (κ3) is 3.66. The normalized spacial score (nSPS) is 16.2. The zero-order valence-corrected chi connectivity index (χ0v) is 9.52. The van der Waals surface area contributed by atoms with Crippen molar-refractivity contribution in [2.24, 2.45) is 10.8 Å². The molecule has 1 fully saturated rings. The quantitative estimate of drug-likeness (QED) is 0.343. The molecule has 0 radical (unpaired) electrons. The van der Waals surface area contributed by atoms with Crippen LogP contribution in [0.15, 0.2) is 35.3 Å². The second kappa shape index (κ2) is 5.66. The maximum absolute atomic E-state index is 5.45. The molecule has 0 aromatic heterocycles. The number of hydrogen-bond acceptors (Lipinski definition) is 2. The molecule has 86 valence electrons. The zero-order chi connectivity index (χ0) is 11.2. The number of nitrogens with two attached hydrogens (primary N) is 1. The summed E-state index contributed by atoms with van der Waals surface area (Å²) in [5.74, 6) is 6.40. The van der Waals surface area contributed by atoms with Crippen LogP contribution in [0.5, 0.6) is 0 Å². The Kier molecular flexibility index (Phi) is 3.94. The van der Waals surface area contributed by atoms with Gasteiger partial charge in [0.25, 0.3) is 0 Å². The van der Waals surface area contributed by atoms with E-state index in [1.54, 1.807) is 0 Å². The Labute approximate surface area is 96.7 Å². The molecular formula is C13H19N3. The van der Waals surface area contributed by atoms with Crippen molar-refractivity contribution in [3.63, 3.8) is 0 Å². The minimum Gasteiger partial charge on any atom is -0.312 e. The van der Waals surface area contributed by atoms with E-state index in [2.05, 4.69) is 34.7 Å². The average Bonchev–Trinajstić information content (AvgIpc) is 3.13. The van der Waals surface area contributed by atoms with Crippen molar-refractivity contribution in [3.8, 4) is 0 Å². The highest BCUT2D eigenvalue weighted by Crippen LogP contribution is 2.23. The molecular weight excluding hydrogens is 198 g/mol. The van der Waals surface area contributed by atoms with Crippen molar-refractivity contribution < 1.29 is 0 Å². The molecule has 1 aliphatic carbocycles. The second-order valence-corrected chi connectivity index (χ2v) is 4.29. The third-order valence-electron chi connectivity index (χ3n) is 2.77. The standard InChI is InChI=1S/C13H19N3/c14-16-13(15-12-9-10-12)8-4-7-11-5-2-1-3-6-11/h1-3,5-6,12H,4,7-10,14H2,(H,15,16). The van der Waals surface area contributed by atoms with Crippen molar-refractivity contribution in [3.05, 3.63) is 35.9 Å². The van der Waals surface area contributed by atoms with Gasteiger partial charge < -0.3 is 5.43 Å². The van der Waals surface area contributed by atoms with E-state index in [0.717, 1.165) is 25.1 Å². The summed E-state index contributed by atoms with van der Waals surface area (Å²) < 4.78 is 0. The molecule has 0 atom stereocenters. The van der Waals surface area contributed by atoms with E-state index in [0.29, 0.717) is 6.04 Å². The fourth-order valence-corrected chi connectivity index (χ4v) is 1.70. The molecule has 1 aromatic rings. The molecule has 0 bridgehead atoms. The topological polar surface area (TPSA) is 50.4 Å². The number of hydrogen-bond donors (Lipinski definition) is 2. The van der Waals surface area contributed by atoms with E-state index >= 15 is 0 Å². The zero-order valence-electron chi connectivity index (χ0n) is 9.52. The van der Waals surface area contributed by atoms with Gasteiger partial charge in [-0.25, -0.2) is 5.84 Å². The predicted molar refractivity (Wildman–Crippen MR) is 67.2 cm³/mol. The maximum Gasteiger partial charge on any atom is 0.111 e. The van der Waals surface area contributed by atoms with Gasteiger partial charge in [-0.1, -0.05) is 30.3 Å². The molecule has 1 saturated carbocycles. The summed E-state index contributed by atoms with van der Waals surface area (Å²) in [5.41, 5.74) is 4.09. The minimum atomic E-state index is 0.544. The number of hydrazine groups is 1. The highest BCUT2D eigenvalue weighted by molar-refractivity contribution is 5.81. The summed E-state index contributed by atoms with van der Waals surface area (Å²) in [5, 5.41) is 0. The van der Waals surface area contributed by atoms with E-state index < -0.39 is 0 Å². The summed E-state index contributed by atoms with van der Waals surface area (Å²) in [4.78, 5) is 4.52. The Hall–Kier alpha value is -1.35.